The van der Waals surface area contributed by atoms with Crippen LogP contribution in [0.5, 0.6) is 5.75 Å². The molecule has 1 aliphatic heterocycles. The number of rotatable bonds is 4. The molecule has 1 fully saturated rings. The molecule has 0 unspecified atom stereocenters. The van der Waals surface area contributed by atoms with Gasteiger partial charge < -0.3 is 25.1 Å². The fourth-order valence-electron chi connectivity index (χ4n) is 2.51. The van der Waals surface area contributed by atoms with Crippen LogP contribution in [0.1, 0.15) is 19.3 Å². The van der Waals surface area contributed by atoms with Gasteiger partial charge in [-0.2, -0.15) is 0 Å². The Morgan fingerprint density at radius 1 is 1.10 bits per heavy atom. The first-order valence-corrected chi connectivity index (χ1v) is 6.93. The Labute approximate surface area is 118 Å². The van der Waals surface area contributed by atoms with Gasteiger partial charge in [0.1, 0.15) is 5.75 Å². The van der Waals surface area contributed by atoms with Crippen LogP contribution in [0.4, 0.5) is 5.69 Å². The topological polar surface area (TPSA) is 51.8 Å². The molecule has 1 spiro atoms. The second kappa shape index (κ2) is 5.73. The quantitative estimate of drug-likeness (QED) is 0.827. The summed E-state index contributed by atoms with van der Waals surface area (Å²) in [6.07, 6.45) is 4.77. The van der Waals surface area contributed by atoms with E-state index in [1.807, 2.05) is 24.3 Å². The second-order valence-corrected chi connectivity index (χ2v) is 5.02. The highest BCUT2D eigenvalue weighted by Crippen LogP contribution is 2.34. The number of methoxy groups -OCH3 is 1. The van der Waals surface area contributed by atoms with Gasteiger partial charge in [-0.05, 0) is 30.7 Å². The van der Waals surface area contributed by atoms with Crippen LogP contribution in [0.15, 0.2) is 36.0 Å². The average Bonchev–Trinajstić information content (AvgIpc) is 2.96. The molecule has 20 heavy (non-hydrogen) atoms. The van der Waals surface area contributed by atoms with E-state index in [0.717, 1.165) is 30.7 Å². The van der Waals surface area contributed by atoms with E-state index >= 15 is 0 Å². The SMILES string of the molecule is COc1ccc(NNC2=CCC3(CC2)OCCO3)cc1. The van der Waals surface area contributed by atoms with Crippen molar-refractivity contribution in [3.05, 3.63) is 36.0 Å². The van der Waals surface area contributed by atoms with Gasteiger partial charge in [-0.3, -0.25) is 0 Å². The molecule has 1 aromatic rings. The van der Waals surface area contributed by atoms with Crippen LogP contribution < -0.4 is 15.6 Å². The van der Waals surface area contributed by atoms with Gasteiger partial charge in [-0.25, -0.2) is 0 Å². The van der Waals surface area contributed by atoms with Crippen molar-refractivity contribution in [2.24, 2.45) is 0 Å². The molecule has 1 heterocycles. The molecule has 108 valence electrons. The molecule has 2 N–H and O–H groups in total. The minimum absolute atomic E-state index is 0.356. The van der Waals surface area contributed by atoms with Crippen molar-refractivity contribution in [3.8, 4) is 5.75 Å². The summed E-state index contributed by atoms with van der Waals surface area (Å²) < 4.78 is 16.5. The van der Waals surface area contributed by atoms with Crippen molar-refractivity contribution in [2.45, 2.75) is 25.0 Å². The molecule has 0 aromatic heterocycles. The van der Waals surface area contributed by atoms with E-state index in [1.54, 1.807) is 7.11 Å². The fourth-order valence-corrected chi connectivity index (χ4v) is 2.51. The van der Waals surface area contributed by atoms with E-state index in [9.17, 15) is 0 Å². The van der Waals surface area contributed by atoms with Crippen molar-refractivity contribution < 1.29 is 14.2 Å². The Hall–Kier alpha value is -1.72. The lowest BCUT2D eigenvalue weighted by molar-refractivity contribution is -0.161. The third-order valence-electron chi connectivity index (χ3n) is 3.71. The van der Waals surface area contributed by atoms with Gasteiger partial charge in [0.2, 0.25) is 0 Å². The molecule has 5 nitrogen and oxygen atoms in total. The highest BCUT2D eigenvalue weighted by atomic mass is 16.7. The van der Waals surface area contributed by atoms with Gasteiger partial charge in [-0.15, -0.1) is 0 Å². The molecular formula is C15H20N2O3. The monoisotopic (exact) mass is 276 g/mol. The smallest absolute Gasteiger partial charge is 0.172 e. The lowest BCUT2D eigenvalue weighted by atomic mass is 9.98. The van der Waals surface area contributed by atoms with Crippen LogP contribution in [-0.4, -0.2) is 26.1 Å². The molecule has 0 radical (unpaired) electrons. The Morgan fingerprint density at radius 2 is 1.85 bits per heavy atom. The van der Waals surface area contributed by atoms with E-state index in [-0.39, 0.29) is 5.79 Å². The third-order valence-corrected chi connectivity index (χ3v) is 3.71. The number of hydrazine groups is 1. The normalized spacial score (nSPS) is 20.6. The molecular weight excluding hydrogens is 256 g/mol. The van der Waals surface area contributed by atoms with E-state index in [2.05, 4.69) is 16.9 Å². The molecule has 0 bridgehead atoms. The van der Waals surface area contributed by atoms with E-state index in [1.165, 1.54) is 5.70 Å². The average molecular weight is 276 g/mol. The molecule has 1 aliphatic carbocycles. The van der Waals surface area contributed by atoms with Crippen molar-refractivity contribution in [2.75, 3.05) is 25.7 Å². The van der Waals surface area contributed by atoms with Crippen molar-refractivity contribution in [1.29, 1.82) is 0 Å². The summed E-state index contributed by atoms with van der Waals surface area (Å²) in [7, 11) is 1.66. The predicted octanol–water partition coefficient (Wildman–Crippen LogP) is 2.42. The summed E-state index contributed by atoms with van der Waals surface area (Å²) in [4.78, 5) is 0. The van der Waals surface area contributed by atoms with Crippen molar-refractivity contribution in [3.63, 3.8) is 0 Å². The van der Waals surface area contributed by atoms with Crippen LogP contribution in [0.2, 0.25) is 0 Å². The van der Waals surface area contributed by atoms with Gasteiger partial charge in [0.25, 0.3) is 0 Å². The Kier molecular flexibility index (Phi) is 3.80. The lowest BCUT2D eigenvalue weighted by Gasteiger charge is -2.31. The Bertz CT molecular complexity index is 478. The maximum Gasteiger partial charge on any atom is 0.172 e. The molecule has 5 heteroatoms. The first-order valence-electron chi connectivity index (χ1n) is 6.93. The summed E-state index contributed by atoms with van der Waals surface area (Å²) in [5.74, 6) is 0.496. The van der Waals surface area contributed by atoms with Crippen LogP contribution >= 0.6 is 0 Å². The number of ether oxygens (including phenoxy) is 3. The summed E-state index contributed by atoms with van der Waals surface area (Å²) in [5, 5.41) is 0. The maximum atomic E-state index is 5.69. The number of hydrogen-bond donors (Lipinski definition) is 2. The molecule has 0 saturated carbocycles. The summed E-state index contributed by atoms with van der Waals surface area (Å²) in [6, 6.07) is 7.79. The number of hydrogen-bond acceptors (Lipinski definition) is 5. The van der Waals surface area contributed by atoms with E-state index in [4.69, 9.17) is 14.2 Å². The van der Waals surface area contributed by atoms with Gasteiger partial charge in [0.05, 0.1) is 26.0 Å². The zero-order valence-corrected chi connectivity index (χ0v) is 11.6. The van der Waals surface area contributed by atoms with Crippen LogP contribution in [-0.2, 0) is 9.47 Å². The maximum absolute atomic E-state index is 5.69. The van der Waals surface area contributed by atoms with Gasteiger partial charge in [0, 0.05) is 18.5 Å². The van der Waals surface area contributed by atoms with Crippen molar-refractivity contribution in [1.82, 2.24) is 5.43 Å². The van der Waals surface area contributed by atoms with Crippen LogP contribution in [0, 0.1) is 0 Å². The minimum Gasteiger partial charge on any atom is -0.497 e. The van der Waals surface area contributed by atoms with E-state index < -0.39 is 0 Å². The summed E-state index contributed by atoms with van der Waals surface area (Å²) in [6.45, 7) is 1.42. The van der Waals surface area contributed by atoms with Crippen LogP contribution in [0.3, 0.4) is 0 Å². The Morgan fingerprint density at radius 3 is 2.45 bits per heavy atom. The minimum atomic E-state index is -0.356. The predicted molar refractivity (Wildman–Crippen MR) is 76.3 cm³/mol. The van der Waals surface area contributed by atoms with Crippen molar-refractivity contribution >= 4 is 5.69 Å². The van der Waals surface area contributed by atoms with Gasteiger partial charge in [-0.1, -0.05) is 6.08 Å². The first-order chi connectivity index (χ1) is 9.80. The lowest BCUT2D eigenvalue weighted by Crippen LogP contribution is -2.34. The zero-order chi connectivity index (χ0) is 13.8. The Balaban J connectivity index is 1.52. The molecule has 2 aliphatic rings. The largest absolute Gasteiger partial charge is 0.497 e. The fraction of sp³-hybridized carbons (Fsp3) is 0.467. The summed E-state index contributed by atoms with van der Waals surface area (Å²) >= 11 is 0. The number of anilines is 1. The number of allylic oxidation sites excluding steroid dienone is 1. The first kappa shape index (κ1) is 13.3. The highest BCUT2D eigenvalue weighted by Gasteiger charge is 2.37. The van der Waals surface area contributed by atoms with Gasteiger partial charge in [0.15, 0.2) is 5.79 Å². The second-order valence-electron chi connectivity index (χ2n) is 5.02. The number of benzene rings is 1. The highest BCUT2D eigenvalue weighted by molar-refractivity contribution is 5.46. The van der Waals surface area contributed by atoms with E-state index in [0.29, 0.717) is 13.2 Å². The van der Waals surface area contributed by atoms with Crippen LogP contribution in [0.25, 0.3) is 0 Å². The summed E-state index contributed by atoms with van der Waals surface area (Å²) in [5.41, 5.74) is 8.60. The molecule has 0 atom stereocenters. The molecule has 1 aromatic carbocycles. The molecule has 3 rings (SSSR count). The third kappa shape index (κ3) is 2.89. The zero-order valence-electron chi connectivity index (χ0n) is 11.6. The molecule has 1 saturated heterocycles. The standard InChI is InChI=1S/C15H20N2O3/c1-18-14-4-2-12(3-5-14)16-17-13-6-8-15(9-7-13)19-10-11-20-15/h2-6,16-17H,7-11H2,1H3. The van der Waals surface area contributed by atoms with Gasteiger partial charge >= 0.3 is 0 Å². The molecule has 0 amide bonds. The number of nitrogens with one attached hydrogen (secondary N) is 2.